The van der Waals surface area contributed by atoms with Crippen molar-refractivity contribution in [3.8, 4) is 0 Å². The van der Waals surface area contributed by atoms with Crippen molar-refractivity contribution in [3.63, 3.8) is 0 Å². The molecule has 0 rings (SSSR count). The molecular weight excluding hydrogens is 188 g/mol. The standard InChI is InChI=1S/C9H16O5/c1-4-5-14-8(10)6(2)7(3)9(11,12)13/h11-13H,4-5H2,1-3H3. The van der Waals surface area contributed by atoms with Gasteiger partial charge in [-0.2, -0.15) is 0 Å². The van der Waals surface area contributed by atoms with E-state index < -0.39 is 11.9 Å². The smallest absolute Gasteiger partial charge is 0.333 e. The highest BCUT2D eigenvalue weighted by atomic mass is 16.7. The Morgan fingerprint density at radius 2 is 1.79 bits per heavy atom. The topological polar surface area (TPSA) is 87.0 Å². The molecule has 0 aliphatic carbocycles. The molecule has 5 nitrogen and oxygen atoms in total. The molecule has 0 atom stereocenters. The van der Waals surface area contributed by atoms with E-state index in [-0.39, 0.29) is 17.8 Å². The molecule has 82 valence electrons. The molecule has 0 saturated carbocycles. The fourth-order valence-corrected chi connectivity index (χ4v) is 0.708. The molecule has 14 heavy (non-hydrogen) atoms. The van der Waals surface area contributed by atoms with Gasteiger partial charge in [-0.05, 0) is 20.3 Å². The largest absolute Gasteiger partial charge is 0.462 e. The number of hydrogen-bond acceptors (Lipinski definition) is 5. The molecule has 0 spiro atoms. The van der Waals surface area contributed by atoms with Crippen molar-refractivity contribution in [2.45, 2.75) is 33.2 Å². The van der Waals surface area contributed by atoms with Crippen LogP contribution in [0.25, 0.3) is 0 Å². The lowest BCUT2D eigenvalue weighted by molar-refractivity contribution is -0.282. The van der Waals surface area contributed by atoms with Crippen LogP contribution in [0.1, 0.15) is 27.2 Å². The van der Waals surface area contributed by atoms with Crippen molar-refractivity contribution in [3.05, 3.63) is 11.1 Å². The van der Waals surface area contributed by atoms with Crippen LogP contribution in [0, 0.1) is 0 Å². The number of carbonyl (C=O) groups excluding carboxylic acids is 1. The molecule has 0 amide bonds. The second-order valence-corrected chi connectivity index (χ2v) is 3.02. The fourth-order valence-electron chi connectivity index (χ4n) is 0.708. The summed E-state index contributed by atoms with van der Waals surface area (Å²) >= 11 is 0. The van der Waals surface area contributed by atoms with Crippen molar-refractivity contribution < 1.29 is 24.9 Å². The Kier molecular flexibility index (Phi) is 4.76. The Labute approximate surface area is 82.6 Å². The molecule has 0 heterocycles. The first-order chi connectivity index (χ1) is 6.30. The lowest BCUT2D eigenvalue weighted by Crippen LogP contribution is -2.30. The van der Waals surface area contributed by atoms with Gasteiger partial charge < -0.3 is 20.1 Å². The van der Waals surface area contributed by atoms with Crippen LogP contribution in [-0.2, 0) is 9.53 Å². The third kappa shape index (κ3) is 3.87. The summed E-state index contributed by atoms with van der Waals surface area (Å²) in [5.41, 5.74) is -0.246. The summed E-state index contributed by atoms with van der Waals surface area (Å²) in [4.78, 5) is 11.2. The van der Waals surface area contributed by atoms with Crippen molar-refractivity contribution in [2.75, 3.05) is 6.61 Å². The minimum atomic E-state index is -2.96. The van der Waals surface area contributed by atoms with Crippen LogP contribution in [0.4, 0.5) is 0 Å². The van der Waals surface area contributed by atoms with Crippen LogP contribution >= 0.6 is 0 Å². The third-order valence-electron chi connectivity index (χ3n) is 1.81. The van der Waals surface area contributed by atoms with Crippen LogP contribution in [0.3, 0.4) is 0 Å². The minimum Gasteiger partial charge on any atom is -0.462 e. The van der Waals surface area contributed by atoms with Crippen molar-refractivity contribution in [1.29, 1.82) is 0 Å². The van der Waals surface area contributed by atoms with Gasteiger partial charge in [-0.25, -0.2) is 4.79 Å². The summed E-state index contributed by atoms with van der Waals surface area (Å²) in [5.74, 6) is -3.62. The molecule has 0 aliphatic rings. The highest BCUT2D eigenvalue weighted by Gasteiger charge is 2.26. The minimum absolute atomic E-state index is 0.00838. The first kappa shape index (κ1) is 13.1. The average Bonchev–Trinajstić information content (AvgIpc) is 2.10. The van der Waals surface area contributed by atoms with E-state index in [0.717, 1.165) is 0 Å². The summed E-state index contributed by atoms with van der Waals surface area (Å²) < 4.78 is 4.74. The molecule has 0 fully saturated rings. The fraction of sp³-hybridized carbons (Fsp3) is 0.667. The molecular formula is C9H16O5. The van der Waals surface area contributed by atoms with Crippen LogP contribution in [-0.4, -0.2) is 33.9 Å². The summed E-state index contributed by atoms with van der Waals surface area (Å²) in [5, 5.41) is 26.3. The number of aliphatic hydroxyl groups is 3. The second kappa shape index (κ2) is 5.09. The highest BCUT2D eigenvalue weighted by molar-refractivity contribution is 5.88. The zero-order chi connectivity index (χ0) is 11.4. The van der Waals surface area contributed by atoms with E-state index in [2.05, 4.69) is 0 Å². The molecule has 0 aromatic heterocycles. The number of ether oxygens (including phenoxy) is 1. The van der Waals surface area contributed by atoms with Gasteiger partial charge in [0, 0.05) is 11.1 Å². The van der Waals surface area contributed by atoms with Gasteiger partial charge in [-0.3, -0.25) is 0 Å². The first-order valence-electron chi connectivity index (χ1n) is 4.32. The summed E-state index contributed by atoms with van der Waals surface area (Å²) in [6, 6.07) is 0. The molecule has 3 N–H and O–H groups in total. The van der Waals surface area contributed by atoms with E-state index in [0.29, 0.717) is 6.42 Å². The van der Waals surface area contributed by atoms with Gasteiger partial charge in [0.15, 0.2) is 0 Å². The number of esters is 1. The van der Waals surface area contributed by atoms with Gasteiger partial charge in [-0.1, -0.05) is 6.92 Å². The molecule has 0 saturated heterocycles. The molecule has 0 radical (unpaired) electrons. The Hall–Kier alpha value is -0.910. The van der Waals surface area contributed by atoms with E-state index in [1.165, 1.54) is 13.8 Å². The predicted molar refractivity (Wildman–Crippen MR) is 49.0 cm³/mol. The predicted octanol–water partition coefficient (Wildman–Crippen LogP) is -0.0933. The summed E-state index contributed by atoms with van der Waals surface area (Å²) in [7, 11) is 0. The van der Waals surface area contributed by atoms with Crippen molar-refractivity contribution in [1.82, 2.24) is 0 Å². The van der Waals surface area contributed by atoms with E-state index in [1.54, 1.807) is 0 Å². The van der Waals surface area contributed by atoms with Crippen molar-refractivity contribution in [2.24, 2.45) is 0 Å². The molecule has 5 heteroatoms. The molecule has 0 bridgehead atoms. The Morgan fingerprint density at radius 3 is 2.14 bits per heavy atom. The Balaban J connectivity index is 4.58. The number of rotatable bonds is 4. The maximum Gasteiger partial charge on any atom is 0.333 e. The van der Waals surface area contributed by atoms with Gasteiger partial charge in [-0.15, -0.1) is 0 Å². The number of hydrogen-bond donors (Lipinski definition) is 3. The van der Waals surface area contributed by atoms with E-state index >= 15 is 0 Å². The number of carbonyl (C=O) groups is 1. The lowest BCUT2D eigenvalue weighted by atomic mass is 10.1. The average molecular weight is 204 g/mol. The van der Waals surface area contributed by atoms with Gasteiger partial charge in [0.05, 0.1) is 6.61 Å². The normalized spacial score (nSPS) is 13.6. The van der Waals surface area contributed by atoms with Gasteiger partial charge >= 0.3 is 11.9 Å². The first-order valence-corrected chi connectivity index (χ1v) is 4.32. The summed E-state index contributed by atoms with van der Waals surface area (Å²) in [6.45, 7) is 4.69. The van der Waals surface area contributed by atoms with Gasteiger partial charge in [0.2, 0.25) is 0 Å². The third-order valence-corrected chi connectivity index (χ3v) is 1.81. The maximum atomic E-state index is 11.2. The van der Waals surface area contributed by atoms with E-state index in [1.807, 2.05) is 6.92 Å². The lowest BCUT2D eigenvalue weighted by Gasteiger charge is -2.16. The zero-order valence-electron chi connectivity index (χ0n) is 8.57. The monoisotopic (exact) mass is 204 g/mol. The van der Waals surface area contributed by atoms with Crippen LogP contribution < -0.4 is 0 Å². The van der Waals surface area contributed by atoms with E-state index in [9.17, 15) is 4.79 Å². The van der Waals surface area contributed by atoms with Crippen LogP contribution in [0.5, 0.6) is 0 Å². The Morgan fingerprint density at radius 1 is 1.29 bits per heavy atom. The van der Waals surface area contributed by atoms with Crippen LogP contribution in [0.15, 0.2) is 11.1 Å². The molecule has 0 aromatic rings. The van der Waals surface area contributed by atoms with Gasteiger partial charge in [0.25, 0.3) is 0 Å². The quantitative estimate of drug-likeness (QED) is 0.338. The zero-order valence-corrected chi connectivity index (χ0v) is 8.57. The summed E-state index contributed by atoms with van der Waals surface area (Å²) in [6.07, 6.45) is 0.681. The van der Waals surface area contributed by atoms with Crippen molar-refractivity contribution >= 4 is 5.97 Å². The molecule has 0 aromatic carbocycles. The van der Waals surface area contributed by atoms with Gasteiger partial charge in [0.1, 0.15) is 0 Å². The Bertz CT molecular complexity index is 236. The maximum absolute atomic E-state index is 11.2. The highest BCUT2D eigenvalue weighted by Crippen LogP contribution is 2.15. The second-order valence-electron chi connectivity index (χ2n) is 3.02. The SMILES string of the molecule is CCCOC(=O)C(C)=C(C)C(O)(O)O. The van der Waals surface area contributed by atoms with Crippen LogP contribution in [0.2, 0.25) is 0 Å². The molecule has 0 unspecified atom stereocenters. The molecule has 0 aliphatic heterocycles. The van der Waals surface area contributed by atoms with E-state index in [4.69, 9.17) is 20.1 Å².